The second-order valence-electron chi connectivity index (χ2n) is 2.82. The summed E-state index contributed by atoms with van der Waals surface area (Å²) in [7, 11) is 0. The summed E-state index contributed by atoms with van der Waals surface area (Å²) in [5, 5.41) is 27.2. The Balaban J connectivity index is 2.59. The molecule has 12 heavy (non-hydrogen) atoms. The Morgan fingerprint density at radius 3 is 2.67 bits per heavy atom. The van der Waals surface area contributed by atoms with Gasteiger partial charge in [-0.05, 0) is 0 Å². The van der Waals surface area contributed by atoms with Crippen LogP contribution >= 0.6 is 0 Å². The van der Waals surface area contributed by atoms with Gasteiger partial charge in [0, 0.05) is 6.42 Å². The lowest BCUT2D eigenvalue weighted by Gasteiger charge is -2.33. The van der Waals surface area contributed by atoms with Gasteiger partial charge in [-0.3, -0.25) is 0 Å². The normalized spacial score (nSPS) is 42.2. The van der Waals surface area contributed by atoms with Gasteiger partial charge < -0.3 is 20.1 Å². The van der Waals surface area contributed by atoms with Gasteiger partial charge in [-0.1, -0.05) is 5.92 Å². The minimum Gasteiger partial charge on any atom is -0.394 e. The van der Waals surface area contributed by atoms with Crippen molar-refractivity contribution in [2.24, 2.45) is 0 Å². The van der Waals surface area contributed by atoms with Crippen molar-refractivity contribution in [1.82, 2.24) is 0 Å². The van der Waals surface area contributed by atoms with E-state index in [1.54, 1.807) is 0 Å². The molecule has 0 aromatic heterocycles. The van der Waals surface area contributed by atoms with E-state index < -0.39 is 24.4 Å². The maximum Gasteiger partial charge on any atom is 0.146 e. The van der Waals surface area contributed by atoms with Crippen molar-refractivity contribution in [1.29, 1.82) is 0 Å². The van der Waals surface area contributed by atoms with Crippen molar-refractivity contribution >= 4 is 0 Å². The van der Waals surface area contributed by atoms with Crippen molar-refractivity contribution < 1.29 is 20.1 Å². The minimum atomic E-state index is -1.04. The lowest BCUT2D eigenvalue weighted by atomic mass is 9.99. The molecule has 1 aliphatic heterocycles. The molecule has 4 heteroatoms. The van der Waals surface area contributed by atoms with E-state index in [0.29, 0.717) is 0 Å². The third-order valence-corrected chi connectivity index (χ3v) is 1.92. The molecular weight excluding hydrogens is 160 g/mol. The molecule has 1 aliphatic rings. The van der Waals surface area contributed by atoms with Crippen molar-refractivity contribution in [3.05, 3.63) is 0 Å². The zero-order valence-corrected chi connectivity index (χ0v) is 6.55. The fraction of sp³-hybridized carbons (Fsp3) is 0.750. The van der Waals surface area contributed by atoms with Crippen LogP contribution in [0.15, 0.2) is 0 Å². The number of hydrogen-bond donors (Lipinski definition) is 3. The average Bonchev–Trinajstić information content (AvgIpc) is 2.09. The fourth-order valence-electron chi connectivity index (χ4n) is 1.21. The SMILES string of the molecule is C#C[C@H]1O[C@H](CO)CC(O)[C@@H]1O. The van der Waals surface area contributed by atoms with Crippen molar-refractivity contribution in [3.8, 4) is 12.3 Å². The van der Waals surface area contributed by atoms with Gasteiger partial charge in [0.1, 0.15) is 12.2 Å². The number of ether oxygens (including phenoxy) is 1. The van der Waals surface area contributed by atoms with E-state index in [0.717, 1.165) is 0 Å². The topological polar surface area (TPSA) is 69.9 Å². The zero-order valence-electron chi connectivity index (χ0n) is 6.55. The first kappa shape index (κ1) is 9.49. The van der Waals surface area contributed by atoms with E-state index in [-0.39, 0.29) is 13.0 Å². The molecule has 0 radical (unpaired) electrons. The van der Waals surface area contributed by atoms with Gasteiger partial charge in [0.2, 0.25) is 0 Å². The molecule has 0 aliphatic carbocycles. The highest BCUT2D eigenvalue weighted by atomic mass is 16.5. The monoisotopic (exact) mass is 172 g/mol. The van der Waals surface area contributed by atoms with Crippen LogP contribution in [0, 0.1) is 12.3 Å². The van der Waals surface area contributed by atoms with Gasteiger partial charge in [0.05, 0.1) is 18.8 Å². The van der Waals surface area contributed by atoms with Crippen molar-refractivity contribution in [2.75, 3.05) is 6.61 Å². The summed E-state index contributed by atoms with van der Waals surface area (Å²) < 4.78 is 5.07. The van der Waals surface area contributed by atoms with E-state index in [4.69, 9.17) is 16.3 Å². The van der Waals surface area contributed by atoms with Gasteiger partial charge in [-0.15, -0.1) is 6.42 Å². The lowest BCUT2D eigenvalue weighted by Crippen LogP contribution is -2.48. The van der Waals surface area contributed by atoms with E-state index in [9.17, 15) is 10.2 Å². The maximum atomic E-state index is 9.25. The van der Waals surface area contributed by atoms with Crippen LogP contribution in [0.25, 0.3) is 0 Å². The Labute approximate surface area is 70.8 Å². The number of hydrogen-bond acceptors (Lipinski definition) is 4. The van der Waals surface area contributed by atoms with E-state index in [1.165, 1.54) is 0 Å². The molecule has 0 amide bonds. The number of aliphatic hydroxyl groups is 3. The number of rotatable bonds is 1. The maximum absolute atomic E-state index is 9.25. The van der Waals surface area contributed by atoms with Gasteiger partial charge in [-0.2, -0.15) is 0 Å². The quantitative estimate of drug-likeness (QED) is 0.421. The Morgan fingerprint density at radius 2 is 2.17 bits per heavy atom. The Morgan fingerprint density at radius 1 is 1.50 bits per heavy atom. The Bertz CT molecular complexity index is 186. The molecule has 0 saturated carbocycles. The Kier molecular flexibility index (Phi) is 3.06. The van der Waals surface area contributed by atoms with Crippen LogP contribution < -0.4 is 0 Å². The largest absolute Gasteiger partial charge is 0.394 e. The molecule has 4 atom stereocenters. The van der Waals surface area contributed by atoms with Gasteiger partial charge in [0.15, 0.2) is 0 Å². The van der Waals surface area contributed by atoms with Crippen LogP contribution in [0.2, 0.25) is 0 Å². The molecule has 0 bridgehead atoms. The van der Waals surface area contributed by atoms with Gasteiger partial charge in [0.25, 0.3) is 0 Å². The Hall–Kier alpha value is -0.600. The summed E-state index contributed by atoms with van der Waals surface area (Å²) in [6, 6.07) is 0. The van der Waals surface area contributed by atoms with Crippen molar-refractivity contribution in [3.63, 3.8) is 0 Å². The molecule has 1 heterocycles. The minimum absolute atomic E-state index is 0.192. The molecule has 1 unspecified atom stereocenters. The average molecular weight is 172 g/mol. The summed E-state index contributed by atoms with van der Waals surface area (Å²) in [5.41, 5.74) is 0. The second-order valence-corrected chi connectivity index (χ2v) is 2.82. The van der Waals surface area contributed by atoms with E-state index in [1.807, 2.05) is 0 Å². The van der Waals surface area contributed by atoms with Crippen LogP contribution in [-0.4, -0.2) is 46.3 Å². The second kappa shape index (κ2) is 3.87. The van der Waals surface area contributed by atoms with Gasteiger partial charge in [-0.25, -0.2) is 0 Å². The smallest absolute Gasteiger partial charge is 0.146 e. The zero-order chi connectivity index (χ0) is 9.14. The van der Waals surface area contributed by atoms with Crippen LogP contribution in [0.5, 0.6) is 0 Å². The van der Waals surface area contributed by atoms with Crippen LogP contribution in [0.3, 0.4) is 0 Å². The standard InChI is InChI=1S/C8H12O4/c1-2-7-8(11)6(10)3-5(4-9)12-7/h1,5-11H,3-4H2/t5-,6?,7+,8-/m0/s1. The first-order valence-electron chi connectivity index (χ1n) is 3.77. The van der Waals surface area contributed by atoms with Crippen LogP contribution in [0.1, 0.15) is 6.42 Å². The summed E-state index contributed by atoms with van der Waals surface area (Å²) >= 11 is 0. The molecule has 3 N–H and O–H groups in total. The predicted molar refractivity (Wildman–Crippen MR) is 41.2 cm³/mol. The molecule has 0 aromatic rings. The lowest BCUT2D eigenvalue weighted by molar-refractivity contribution is -0.156. The summed E-state index contributed by atoms with van der Waals surface area (Å²) in [4.78, 5) is 0. The molecule has 1 saturated heterocycles. The summed E-state index contributed by atoms with van der Waals surface area (Å²) in [5.74, 6) is 2.21. The molecule has 4 nitrogen and oxygen atoms in total. The molecule has 0 spiro atoms. The van der Waals surface area contributed by atoms with Crippen molar-refractivity contribution in [2.45, 2.75) is 30.8 Å². The van der Waals surface area contributed by atoms with Crippen LogP contribution in [-0.2, 0) is 4.74 Å². The predicted octanol–water partition coefficient (Wildman–Crippen LogP) is -1.51. The number of aliphatic hydroxyl groups excluding tert-OH is 3. The molecule has 0 aromatic carbocycles. The third kappa shape index (κ3) is 1.76. The highest BCUT2D eigenvalue weighted by molar-refractivity contribution is 5.03. The summed E-state index contributed by atoms with van der Waals surface area (Å²) in [6.45, 7) is -0.192. The molecular formula is C8H12O4. The number of terminal acetylenes is 1. The fourth-order valence-corrected chi connectivity index (χ4v) is 1.21. The molecule has 1 fully saturated rings. The van der Waals surface area contributed by atoms with Gasteiger partial charge >= 0.3 is 0 Å². The van der Waals surface area contributed by atoms with E-state index in [2.05, 4.69) is 5.92 Å². The van der Waals surface area contributed by atoms with E-state index >= 15 is 0 Å². The first-order chi connectivity index (χ1) is 5.69. The molecule has 1 rings (SSSR count). The third-order valence-electron chi connectivity index (χ3n) is 1.92. The highest BCUT2D eigenvalue weighted by Crippen LogP contribution is 2.19. The first-order valence-corrected chi connectivity index (χ1v) is 3.77. The molecule has 68 valence electrons. The highest BCUT2D eigenvalue weighted by Gasteiger charge is 2.35. The van der Waals surface area contributed by atoms with Crippen LogP contribution in [0.4, 0.5) is 0 Å². The summed E-state index contributed by atoms with van der Waals surface area (Å²) in [6.07, 6.45) is 2.03.